The monoisotopic (exact) mass is 480 g/mol. The van der Waals surface area contributed by atoms with Crippen molar-refractivity contribution in [3.63, 3.8) is 0 Å². The summed E-state index contributed by atoms with van der Waals surface area (Å²) in [5.74, 6) is 0.453. The molecule has 6 heteroatoms. The highest BCUT2D eigenvalue weighted by Crippen LogP contribution is 2.45. The number of amides is 1. The summed E-state index contributed by atoms with van der Waals surface area (Å²) < 4.78 is 11.1. The maximum absolute atomic E-state index is 12.6. The molecule has 180 valence electrons. The van der Waals surface area contributed by atoms with Crippen LogP contribution in [0.3, 0.4) is 0 Å². The molecule has 1 saturated heterocycles. The van der Waals surface area contributed by atoms with Crippen molar-refractivity contribution >= 4 is 29.3 Å². The van der Waals surface area contributed by atoms with Gasteiger partial charge >= 0.3 is 6.09 Å². The molecule has 0 N–H and O–H groups in total. The predicted molar refractivity (Wildman–Crippen MR) is 137 cm³/mol. The van der Waals surface area contributed by atoms with Gasteiger partial charge in [-0.1, -0.05) is 23.7 Å². The van der Waals surface area contributed by atoms with Crippen LogP contribution < -0.4 is 0 Å². The molecule has 1 amide bonds. The van der Waals surface area contributed by atoms with Gasteiger partial charge in [0.15, 0.2) is 0 Å². The van der Waals surface area contributed by atoms with Gasteiger partial charge in [-0.05, 0) is 93.5 Å². The number of likely N-dealkylation sites (tertiary alicyclic amines) is 1. The number of halogens is 1. The Morgan fingerprint density at radius 2 is 2.00 bits per heavy atom. The molecule has 1 atom stereocenters. The minimum atomic E-state index is -0.493. The molecule has 1 aliphatic heterocycles. The first-order valence-electron chi connectivity index (χ1n) is 12.0. The van der Waals surface area contributed by atoms with Crippen molar-refractivity contribution in [3.05, 3.63) is 76.3 Å². The van der Waals surface area contributed by atoms with E-state index >= 15 is 0 Å². The normalized spacial score (nSPS) is 18.7. The lowest BCUT2D eigenvalue weighted by Gasteiger charge is -2.37. The molecule has 2 aliphatic rings. The van der Waals surface area contributed by atoms with Gasteiger partial charge in [0.05, 0.1) is 18.6 Å². The van der Waals surface area contributed by atoms with E-state index in [9.17, 15) is 4.79 Å². The third kappa shape index (κ3) is 5.47. The van der Waals surface area contributed by atoms with Gasteiger partial charge in [-0.2, -0.15) is 0 Å². The van der Waals surface area contributed by atoms with Gasteiger partial charge in [-0.25, -0.2) is 4.79 Å². The number of allylic oxidation sites excluding steroid dienone is 2. The van der Waals surface area contributed by atoms with Crippen LogP contribution in [0.15, 0.2) is 48.9 Å². The summed E-state index contributed by atoms with van der Waals surface area (Å²) in [5.41, 5.74) is 5.04. The second-order valence-corrected chi connectivity index (χ2v) is 10.3. The number of carbonyl (C=O) groups excluding carboxylic acids is 1. The molecule has 1 unspecified atom stereocenters. The van der Waals surface area contributed by atoms with Crippen molar-refractivity contribution in [2.24, 2.45) is 5.92 Å². The fourth-order valence-corrected chi connectivity index (χ4v) is 5.01. The third-order valence-electron chi connectivity index (χ3n) is 6.31. The van der Waals surface area contributed by atoms with Crippen LogP contribution in [0.5, 0.6) is 0 Å². The summed E-state index contributed by atoms with van der Waals surface area (Å²) in [6.45, 7) is 9.63. The quantitative estimate of drug-likeness (QED) is 0.446. The average molecular weight is 481 g/mol. The Labute approximate surface area is 207 Å². The van der Waals surface area contributed by atoms with Crippen molar-refractivity contribution in [1.82, 2.24) is 9.88 Å². The van der Waals surface area contributed by atoms with Crippen LogP contribution in [-0.2, 0) is 9.47 Å². The fourth-order valence-electron chi connectivity index (χ4n) is 4.83. The van der Waals surface area contributed by atoms with Crippen LogP contribution in [-0.4, -0.2) is 41.3 Å². The van der Waals surface area contributed by atoms with Crippen LogP contribution in [0.4, 0.5) is 4.79 Å². The molecular weight excluding hydrogens is 448 g/mol. The minimum Gasteiger partial charge on any atom is -0.501 e. The number of piperidine rings is 1. The van der Waals surface area contributed by atoms with E-state index in [-0.39, 0.29) is 12.0 Å². The summed E-state index contributed by atoms with van der Waals surface area (Å²) in [5, 5.41) is 0.709. The average Bonchev–Trinajstić information content (AvgIpc) is 2.92. The maximum Gasteiger partial charge on any atom is 0.410 e. The Kier molecular flexibility index (Phi) is 7.32. The number of rotatable bonds is 4. The number of ether oxygens (including phenoxy) is 2. The van der Waals surface area contributed by atoms with Gasteiger partial charge in [-0.15, -0.1) is 0 Å². The predicted octanol–water partition coefficient (Wildman–Crippen LogP) is 6.92. The lowest BCUT2D eigenvalue weighted by Crippen LogP contribution is -2.42. The van der Waals surface area contributed by atoms with Crippen LogP contribution in [0, 0.1) is 5.92 Å². The van der Waals surface area contributed by atoms with Crippen molar-refractivity contribution < 1.29 is 14.3 Å². The van der Waals surface area contributed by atoms with Crippen molar-refractivity contribution in [2.75, 3.05) is 19.7 Å². The van der Waals surface area contributed by atoms with E-state index in [2.05, 4.69) is 18.2 Å². The first-order chi connectivity index (χ1) is 16.3. The van der Waals surface area contributed by atoms with Gasteiger partial charge in [0.1, 0.15) is 5.60 Å². The van der Waals surface area contributed by atoms with Crippen LogP contribution in [0.2, 0.25) is 5.02 Å². The first kappa shape index (κ1) is 24.3. The number of pyridine rings is 1. The largest absolute Gasteiger partial charge is 0.501 e. The highest BCUT2D eigenvalue weighted by atomic mass is 35.5. The Morgan fingerprint density at radius 3 is 2.71 bits per heavy atom. The van der Waals surface area contributed by atoms with E-state index in [1.54, 1.807) is 6.26 Å². The molecule has 0 bridgehead atoms. The Balaban J connectivity index is 1.68. The molecule has 5 nitrogen and oxygen atoms in total. The maximum atomic E-state index is 12.6. The second kappa shape index (κ2) is 10.2. The highest BCUT2D eigenvalue weighted by molar-refractivity contribution is 6.30. The van der Waals surface area contributed by atoms with Gasteiger partial charge in [0.2, 0.25) is 0 Å². The second-order valence-electron chi connectivity index (χ2n) is 9.85. The molecule has 2 heterocycles. The number of hydrogen-bond donors (Lipinski definition) is 0. The topological polar surface area (TPSA) is 51.7 Å². The lowest BCUT2D eigenvalue weighted by molar-refractivity contribution is 0.0178. The fraction of sp³-hybridized carbons (Fsp3) is 0.429. The van der Waals surface area contributed by atoms with Crippen LogP contribution in [0.1, 0.15) is 68.8 Å². The molecule has 34 heavy (non-hydrogen) atoms. The lowest BCUT2D eigenvalue weighted by atomic mass is 9.76. The first-order valence-corrected chi connectivity index (χ1v) is 12.4. The molecule has 0 saturated carbocycles. The van der Waals surface area contributed by atoms with E-state index in [1.165, 1.54) is 5.56 Å². The van der Waals surface area contributed by atoms with Crippen molar-refractivity contribution in [1.29, 1.82) is 0 Å². The molecule has 2 aromatic rings. The summed E-state index contributed by atoms with van der Waals surface area (Å²) in [7, 11) is 0. The van der Waals surface area contributed by atoms with Crippen molar-refractivity contribution in [2.45, 2.75) is 52.1 Å². The summed E-state index contributed by atoms with van der Waals surface area (Å²) in [6, 6.07) is 10.2. The van der Waals surface area contributed by atoms with Gasteiger partial charge in [0.25, 0.3) is 0 Å². The number of benzene rings is 1. The minimum absolute atomic E-state index is 0.110. The Bertz CT molecular complexity index is 1100. The molecule has 0 spiro atoms. The van der Waals surface area contributed by atoms with E-state index in [1.807, 2.05) is 63.1 Å². The molecule has 1 aromatic carbocycles. The van der Waals surface area contributed by atoms with E-state index in [4.69, 9.17) is 26.1 Å². The van der Waals surface area contributed by atoms with Gasteiger partial charge < -0.3 is 14.4 Å². The number of nitrogens with zero attached hydrogens (tertiary/aromatic N) is 2. The Morgan fingerprint density at radius 1 is 1.24 bits per heavy atom. The van der Waals surface area contributed by atoms with Crippen LogP contribution in [0.25, 0.3) is 11.6 Å². The van der Waals surface area contributed by atoms with E-state index in [0.717, 1.165) is 35.2 Å². The number of fused-ring (bicyclic) bond motifs is 2. The number of hydrogen-bond acceptors (Lipinski definition) is 4. The smallest absolute Gasteiger partial charge is 0.410 e. The highest BCUT2D eigenvalue weighted by Gasteiger charge is 2.36. The third-order valence-corrected chi connectivity index (χ3v) is 6.55. The van der Waals surface area contributed by atoms with Crippen LogP contribution >= 0.6 is 11.6 Å². The molecular formula is C28H33ClN2O3. The molecule has 4 rings (SSSR count). The number of carbonyl (C=O) groups is 1. The van der Waals surface area contributed by atoms with Gasteiger partial charge in [-0.3, -0.25) is 4.98 Å². The van der Waals surface area contributed by atoms with E-state index in [0.29, 0.717) is 30.6 Å². The molecule has 0 radical (unpaired) electrons. The Hall–Kier alpha value is -2.79. The SMILES string of the molecule is CCO/C=C/C1=Cc2cc(Cl)ccc2C(C2CCN(C(=O)OC(C)(C)C)CC2)c2ncccc21. The number of aromatic nitrogens is 1. The zero-order valence-electron chi connectivity index (χ0n) is 20.4. The van der Waals surface area contributed by atoms with Crippen molar-refractivity contribution in [3.8, 4) is 0 Å². The summed E-state index contributed by atoms with van der Waals surface area (Å²) >= 11 is 6.41. The van der Waals surface area contributed by atoms with E-state index < -0.39 is 5.60 Å². The standard InChI is InChI=1S/C28H33ClN2O3/c1-5-33-16-12-20-17-21-18-22(29)8-9-23(21)25(26-24(20)7-6-13-30-26)19-10-14-31(15-11-19)27(32)34-28(2,3)4/h6-9,12-13,16-19,25H,5,10-11,14-15H2,1-4H3/b16-12+. The molecule has 1 aliphatic carbocycles. The summed E-state index contributed by atoms with van der Waals surface area (Å²) in [4.78, 5) is 19.3. The summed E-state index contributed by atoms with van der Waals surface area (Å²) in [6.07, 6.45) is 9.31. The zero-order valence-corrected chi connectivity index (χ0v) is 21.1. The molecule has 1 aromatic heterocycles. The molecule has 1 fully saturated rings. The zero-order chi connectivity index (χ0) is 24.3. The van der Waals surface area contributed by atoms with Gasteiger partial charge in [0, 0.05) is 35.8 Å².